The number of aromatic nitrogens is 2. The van der Waals surface area contributed by atoms with Gasteiger partial charge in [0.1, 0.15) is 17.3 Å². The number of nitrogens with zero attached hydrogens (tertiary/aromatic N) is 2. The van der Waals surface area contributed by atoms with Gasteiger partial charge in [0.25, 0.3) is 0 Å². The van der Waals surface area contributed by atoms with Crippen molar-refractivity contribution in [1.82, 2.24) is 9.97 Å². The molecule has 0 aliphatic rings. The van der Waals surface area contributed by atoms with Gasteiger partial charge < -0.3 is 9.47 Å². The quantitative estimate of drug-likeness (QED) is 0.419. The Bertz CT molecular complexity index is 889. The summed E-state index contributed by atoms with van der Waals surface area (Å²) in [5.74, 6) is 2.01. The first kappa shape index (κ1) is 18.2. The lowest BCUT2D eigenvalue weighted by atomic mass is 10.2. The minimum absolute atomic E-state index is 0.347. The molecule has 0 spiro atoms. The van der Waals surface area contributed by atoms with E-state index in [9.17, 15) is 4.39 Å². The molecule has 0 bridgehead atoms. The van der Waals surface area contributed by atoms with Crippen molar-refractivity contribution in [3.05, 3.63) is 71.7 Å². The second-order valence-electron chi connectivity index (χ2n) is 5.53. The highest BCUT2D eigenvalue weighted by molar-refractivity contribution is 7.98. The number of hydrogen-bond donors (Lipinski definition) is 0. The third-order valence-corrected chi connectivity index (χ3v) is 4.54. The normalized spacial score (nSPS) is 10.6. The Morgan fingerprint density at radius 3 is 2.58 bits per heavy atom. The minimum Gasteiger partial charge on any atom is -0.497 e. The molecule has 0 aliphatic heterocycles. The summed E-state index contributed by atoms with van der Waals surface area (Å²) in [7, 11) is 1.65. The Morgan fingerprint density at radius 1 is 1.00 bits per heavy atom. The summed E-state index contributed by atoms with van der Waals surface area (Å²) in [6.07, 6.45) is 0.759. The maximum Gasteiger partial charge on any atom is 0.223 e. The fourth-order valence-electron chi connectivity index (χ4n) is 2.31. The molecule has 0 aliphatic carbocycles. The van der Waals surface area contributed by atoms with Gasteiger partial charge in [0.05, 0.1) is 7.11 Å². The van der Waals surface area contributed by atoms with Gasteiger partial charge in [0, 0.05) is 23.6 Å². The number of halogens is 1. The van der Waals surface area contributed by atoms with E-state index in [1.54, 1.807) is 25.3 Å². The summed E-state index contributed by atoms with van der Waals surface area (Å²) in [5.41, 5.74) is 1.99. The predicted octanol–water partition coefficient (Wildman–Crippen LogP) is 5.27. The average Bonchev–Trinajstić information content (AvgIpc) is 2.66. The maximum absolute atomic E-state index is 13.3. The van der Waals surface area contributed by atoms with Crippen LogP contribution in [-0.2, 0) is 12.2 Å². The van der Waals surface area contributed by atoms with Crippen LogP contribution in [0.15, 0.2) is 59.8 Å². The first-order chi connectivity index (χ1) is 12.7. The Balaban J connectivity index is 1.76. The van der Waals surface area contributed by atoms with Crippen LogP contribution >= 0.6 is 11.8 Å². The molecule has 0 atom stereocenters. The van der Waals surface area contributed by atoms with Crippen LogP contribution in [0.1, 0.15) is 18.2 Å². The zero-order valence-corrected chi connectivity index (χ0v) is 15.4. The van der Waals surface area contributed by atoms with Crippen LogP contribution in [0.2, 0.25) is 0 Å². The van der Waals surface area contributed by atoms with Crippen molar-refractivity contribution in [2.45, 2.75) is 24.3 Å². The molecule has 3 rings (SSSR count). The molecule has 0 unspecified atom stereocenters. The first-order valence-electron chi connectivity index (χ1n) is 8.23. The highest BCUT2D eigenvalue weighted by Crippen LogP contribution is 2.26. The van der Waals surface area contributed by atoms with Gasteiger partial charge in [0.2, 0.25) is 5.88 Å². The van der Waals surface area contributed by atoms with Crippen LogP contribution in [0.3, 0.4) is 0 Å². The van der Waals surface area contributed by atoms with Crippen LogP contribution in [0.5, 0.6) is 17.4 Å². The molecule has 0 fully saturated rings. The van der Waals surface area contributed by atoms with Gasteiger partial charge in [-0.05, 0) is 36.2 Å². The fraction of sp³-hybridized carbons (Fsp3) is 0.200. The summed E-state index contributed by atoms with van der Waals surface area (Å²) in [5, 5.41) is 0.624. The van der Waals surface area contributed by atoms with Crippen molar-refractivity contribution in [2.75, 3.05) is 7.11 Å². The first-order valence-corrected chi connectivity index (χ1v) is 9.22. The molecule has 6 heteroatoms. The van der Waals surface area contributed by atoms with Crippen LogP contribution in [-0.4, -0.2) is 17.1 Å². The maximum atomic E-state index is 13.3. The van der Waals surface area contributed by atoms with E-state index < -0.39 is 0 Å². The summed E-state index contributed by atoms with van der Waals surface area (Å²) in [6.45, 7) is 2.02. The third-order valence-electron chi connectivity index (χ3n) is 3.62. The fourth-order valence-corrected chi connectivity index (χ4v) is 3.12. The monoisotopic (exact) mass is 370 g/mol. The van der Waals surface area contributed by atoms with Crippen LogP contribution in [0.4, 0.5) is 4.39 Å². The lowest BCUT2D eigenvalue weighted by Crippen LogP contribution is -1.97. The summed E-state index contributed by atoms with van der Waals surface area (Å²) in [4.78, 5) is 8.98. The lowest BCUT2D eigenvalue weighted by Gasteiger charge is -2.09. The highest BCUT2D eigenvalue weighted by Gasteiger charge is 2.08. The number of thioether (sulfide) groups is 1. The largest absolute Gasteiger partial charge is 0.497 e. The molecule has 26 heavy (non-hydrogen) atoms. The minimum atomic E-state index is -0.347. The molecule has 4 nitrogen and oxygen atoms in total. The standard InChI is InChI=1S/C20H19FN2O2S/c1-3-16-12-19(25-18-9-5-7-15(21)11-18)23-20(22-16)26-13-14-6-4-8-17(10-14)24-2/h4-12H,3,13H2,1-2H3. The number of methoxy groups -OCH3 is 1. The van der Waals surface area contributed by atoms with Crippen LogP contribution in [0.25, 0.3) is 0 Å². The van der Waals surface area contributed by atoms with Crippen LogP contribution in [0, 0.1) is 5.82 Å². The Hall–Kier alpha value is -2.60. The molecular weight excluding hydrogens is 351 g/mol. The molecule has 134 valence electrons. The molecular formula is C20H19FN2O2S. The van der Waals surface area contributed by atoms with Gasteiger partial charge in [-0.25, -0.2) is 9.37 Å². The van der Waals surface area contributed by atoms with Gasteiger partial charge >= 0.3 is 0 Å². The van der Waals surface area contributed by atoms with Gasteiger partial charge in [-0.3, -0.25) is 0 Å². The van der Waals surface area contributed by atoms with E-state index in [1.807, 2.05) is 31.2 Å². The molecule has 2 aromatic carbocycles. The van der Waals surface area contributed by atoms with Gasteiger partial charge in [-0.15, -0.1) is 0 Å². The van der Waals surface area contributed by atoms with Crippen molar-refractivity contribution in [1.29, 1.82) is 0 Å². The third kappa shape index (κ3) is 4.95. The van der Waals surface area contributed by atoms with Crippen molar-refractivity contribution >= 4 is 11.8 Å². The molecule has 0 radical (unpaired) electrons. The van der Waals surface area contributed by atoms with Gasteiger partial charge in [-0.2, -0.15) is 4.98 Å². The highest BCUT2D eigenvalue weighted by atomic mass is 32.2. The van der Waals surface area contributed by atoms with Gasteiger partial charge in [-0.1, -0.05) is 36.9 Å². The molecule has 1 heterocycles. The summed E-state index contributed by atoms with van der Waals surface area (Å²) in [6, 6.07) is 15.7. The second kappa shape index (κ2) is 8.67. The number of hydrogen-bond acceptors (Lipinski definition) is 5. The second-order valence-corrected chi connectivity index (χ2v) is 6.48. The van der Waals surface area contributed by atoms with E-state index in [-0.39, 0.29) is 5.82 Å². The molecule has 3 aromatic rings. The van der Waals surface area contributed by atoms with E-state index in [1.165, 1.54) is 23.9 Å². The Morgan fingerprint density at radius 2 is 1.81 bits per heavy atom. The Kier molecular flexibility index (Phi) is 6.07. The van der Waals surface area contributed by atoms with E-state index in [0.29, 0.717) is 22.5 Å². The molecule has 0 saturated heterocycles. The zero-order valence-electron chi connectivity index (χ0n) is 14.6. The molecule has 1 aromatic heterocycles. The van der Waals surface area contributed by atoms with Crippen molar-refractivity contribution in [3.8, 4) is 17.4 Å². The summed E-state index contributed by atoms with van der Waals surface area (Å²) < 4.78 is 24.3. The molecule has 0 amide bonds. The lowest BCUT2D eigenvalue weighted by molar-refractivity contribution is 0.414. The Labute approximate surface area is 156 Å². The van der Waals surface area contributed by atoms with Crippen molar-refractivity contribution < 1.29 is 13.9 Å². The van der Waals surface area contributed by atoms with Crippen molar-refractivity contribution in [3.63, 3.8) is 0 Å². The number of aryl methyl sites for hydroxylation is 1. The SMILES string of the molecule is CCc1cc(Oc2cccc(F)c2)nc(SCc2cccc(OC)c2)n1. The van der Waals surface area contributed by atoms with E-state index in [2.05, 4.69) is 9.97 Å². The van der Waals surface area contributed by atoms with Gasteiger partial charge in [0.15, 0.2) is 5.16 Å². The smallest absolute Gasteiger partial charge is 0.223 e. The zero-order chi connectivity index (χ0) is 18.4. The van der Waals surface area contributed by atoms with Crippen LogP contribution < -0.4 is 9.47 Å². The van der Waals surface area contributed by atoms with E-state index in [4.69, 9.17) is 9.47 Å². The molecule has 0 saturated carbocycles. The average molecular weight is 370 g/mol. The number of rotatable bonds is 7. The number of ether oxygens (including phenoxy) is 2. The topological polar surface area (TPSA) is 44.2 Å². The number of benzene rings is 2. The van der Waals surface area contributed by atoms with Crippen molar-refractivity contribution in [2.24, 2.45) is 0 Å². The predicted molar refractivity (Wildman–Crippen MR) is 100 cm³/mol. The summed E-state index contributed by atoms with van der Waals surface area (Å²) >= 11 is 1.52. The molecule has 0 N–H and O–H groups in total. The van der Waals surface area contributed by atoms with E-state index >= 15 is 0 Å². The van der Waals surface area contributed by atoms with E-state index in [0.717, 1.165) is 23.4 Å².